The molecule has 2 N–H and O–H groups in total. The van der Waals surface area contributed by atoms with Gasteiger partial charge in [0.15, 0.2) is 0 Å². The summed E-state index contributed by atoms with van der Waals surface area (Å²) in [6.45, 7) is 4.54. The van der Waals surface area contributed by atoms with Crippen LogP contribution in [0.4, 0.5) is 0 Å². The fourth-order valence-corrected chi connectivity index (χ4v) is 2.65. The maximum atomic E-state index is 12.5. The van der Waals surface area contributed by atoms with Crippen LogP contribution >= 0.6 is 0 Å². The predicted molar refractivity (Wildman–Crippen MR) is 80.9 cm³/mol. The summed E-state index contributed by atoms with van der Waals surface area (Å²) >= 11 is 0. The van der Waals surface area contributed by atoms with Crippen LogP contribution in [-0.2, 0) is 0 Å². The number of hydrogen-bond acceptors (Lipinski definition) is 3. The number of carbonyl (C=O) groups excluding carboxylic acids is 1. The molecule has 0 aliphatic carbocycles. The van der Waals surface area contributed by atoms with Gasteiger partial charge in [0.25, 0.3) is 5.91 Å². The van der Waals surface area contributed by atoms with E-state index in [1.54, 1.807) is 24.0 Å². The molecule has 0 aromatic heterocycles. The highest BCUT2D eigenvalue weighted by molar-refractivity contribution is 5.94. The molecule has 1 aromatic rings. The topological polar surface area (TPSA) is 60.8 Å². The summed E-state index contributed by atoms with van der Waals surface area (Å²) in [5.74, 6) is 5.41. The molecule has 0 radical (unpaired) electrons. The largest absolute Gasteiger partial charge is 0.388 e. The van der Waals surface area contributed by atoms with Crippen molar-refractivity contribution in [3.05, 3.63) is 34.9 Å². The standard InChI is InChI=1S/C17H21NO3/c1-13-11-15(7-6-14(13)5-3-10-19)16(20)18-9-4-8-17(2,21)12-18/h6-7,11,19,21H,4,8-10,12H2,1-2H3. The van der Waals surface area contributed by atoms with Crippen LogP contribution in [0.15, 0.2) is 18.2 Å². The van der Waals surface area contributed by atoms with E-state index < -0.39 is 5.60 Å². The van der Waals surface area contributed by atoms with Crippen LogP contribution < -0.4 is 0 Å². The number of carbonyl (C=O) groups is 1. The highest BCUT2D eigenvalue weighted by Crippen LogP contribution is 2.22. The number of hydrogen-bond donors (Lipinski definition) is 2. The third kappa shape index (κ3) is 3.84. The van der Waals surface area contributed by atoms with Crippen LogP contribution in [0.25, 0.3) is 0 Å². The normalized spacial score (nSPS) is 21.6. The molecular formula is C17H21NO3. The second-order valence-electron chi connectivity index (χ2n) is 5.82. The Morgan fingerprint density at radius 1 is 1.48 bits per heavy atom. The van der Waals surface area contributed by atoms with Crippen molar-refractivity contribution in [2.45, 2.75) is 32.3 Å². The molecule has 112 valence electrons. The van der Waals surface area contributed by atoms with E-state index in [0.29, 0.717) is 18.7 Å². The number of benzene rings is 1. The first-order valence-electron chi connectivity index (χ1n) is 7.15. The molecule has 1 aliphatic rings. The second-order valence-corrected chi connectivity index (χ2v) is 5.82. The molecule has 1 aliphatic heterocycles. The Morgan fingerprint density at radius 2 is 2.24 bits per heavy atom. The lowest BCUT2D eigenvalue weighted by Gasteiger charge is -2.36. The number of aliphatic hydroxyl groups is 2. The number of aliphatic hydroxyl groups excluding tert-OH is 1. The van der Waals surface area contributed by atoms with Gasteiger partial charge >= 0.3 is 0 Å². The number of piperidine rings is 1. The van der Waals surface area contributed by atoms with Gasteiger partial charge in [-0.1, -0.05) is 11.8 Å². The van der Waals surface area contributed by atoms with Crippen molar-refractivity contribution in [2.24, 2.45) is 0 Å². The Hall–Kier alpha value is -1.83. The molecule has 4 nitrogen and oxygen atoms in total. The van der Waals surface area contributed by atoms with E-state index in [1.165, 1.54) is 0 Å². The molecule has 1 amide bonds. The fourth-order valence-electron chi connectivity index (χ4n) is 2.65. The maximum absolute atomic E-state index is 12.5. The van der Waals surface area contributed by atoms with Gasteiger partial charge in [0.2, 0.25) is 0 Å². The predicted octanol–water partition coefficient (Wildman–Crippen LogP) is 1.33. The van der Waals surface area contributed by atoms with Crippen LogP contribution in [-0.4, -0.2) is 46.3 Å². The number of β-amino-alcohol motifs (C(OH)–C–C–N with tert-alkyl or cyclic N) is 1. The molecule has 0 spiro atoms. The lowest BCUT2D eigenvalue weighted by molar-refractivity contribution is -0.0107. The minimum absolute atomic E-state index is 0.0558. The van der Waals surface area contributed by atoms with E-state index in [2.05, 4.69) is 11.8 Å². The number of amides is 1. The Morgan fingerprint density at radius 3 is 2.86 bits per heavy atom. The monoisotopic (exact) mass is 287 g/mol. The summed E-state index contributed by atoms with van der Waals surface area (Å²) in [6, 6.07) is 5.36. The van der Waals surface area contributed by atoms with E-state index in [0.717, 1.165) is 24.0 Å². The zero-order chi connectivity index (χ0) is 15.5. The summed E-state index contributed by atoms with van der Waals surface area (Å²) in [5.41, 5.74) is 1.53. The van der Waals surface area contributed by atoms with Crippen LogP contribution in [0.1, 0.15) is 41.3 Å². The summed E-state index contributed by atoms with van der Waals surface area (Å²) in [4.78, 5) is 14.2. The smallest absolute Gasteiger partial charge is 0.253 e. The van der Waals surface area contributed by atoms with Crippen molar-refractivity contribution < 1.29 is 15.0 Å². The van der Waals surface area contributed by atoms with Gasteiger partial charge in [0.1, 0.15) is 6.61 Å². The average molecular weight is 287 g/mol. The second kappa shape index (κ2) is 6.30. The quantitative estimate of drug-likeness (QED) is 0.766. The van der Waals surface area contributed by atoms with Crippen molar-refractivity contribution >= 4 is 5.91 Å². The third-order valence-corrected chi connectivity index (χ3v) is 3.74. The first kappa shape index (κ1) is 15.6. The van der Waals surface area contributed by atoms with Gasteiger partial charge in [0.05, 0.1) is 5.60 Å². The van der Waals surface area contributed by atoms with Crippen molar-refractivity contribution in [2.75, 3.05) is 19.7 Å². The molecular weight excluding hydrogens is 266 g/mol. The molecule has 1 heterocycles. The van der Waals surface area contributed by atoms with E-state index in [-0.39, 0.29) is 12.5 Å². The fraction of sp³-hybridized carbons (Fsp3) is 0.471. The Kier molecular flexibility index (Phi) is 4.66. The highest BCUT2D eigenvalue weighted by atomic mass is 16.3. The molecule has 4 heteroatoms. The number of nitrogens with zero attached hydrogens (tertiary/aromatic N) is 1. The molecule has 1 saturated heterocycles. The van der Waals surface area contributed by atoms with Crippen molar-refractivity contribution in [3.8, 4) is 11.8 Å². The highest BCUT2D eigenvalue weighted by Gasteiger charge is 2.31. The Balaban J connectivity index is 2.18. The van der Waals surface area contributed by atoms with E-state index in [1.807, 2.05) is 13.0 Å². The number of rotatable bonds is 1. The lowest BCUT2D eigenvalue weighted by Crippen LogP contribution is -2.48. The zero-order valence-electron chi connectivity index (χ0n) is 12.5. The van der Waals surface area contributed by atoms with Gasteiger partial charge < -0.3 is 15.1 Å². The van der Waals surface area contributed by atoms with Crippen molar-refractivity contribution in [3.63, 3.8) is 0 Å². The minimum atomic E-state index is -0.796. The van der Waals surface area contributed by atoms with Crippen LogP contribution in [0.3, 0.4) is 0 Å². The van der Waals surface area contributed by atoms with Gasteiger partial charge in [0, 0.05) is 24.2 Å². The Bertz CT molecular complexity index is 596. The van der Waals surface area contributed by atoms with Gasteiger partial charge in [-0.3, -0.25) is 4.79 Å². The third-order valence-electron chi connectivity index (χ3n) is 3.74. The number of aryl methyl sites for hydroxylation is 1. The Labute approximate surface area is 125 Å². The van der Waals surface area contributed by atoms with Crippen molar-refractivity contribution in [1.82, 2.24) is 4.90 Å². The van der Waals surface area contributed by atoms with Crippen LogP contribution in [0.2, 0.25) is 0 Å². The van der Waals surface area contributed by atoms with Gasteiger partial charge in [-0.25, -0.2) is 0 Å². The van der Waals surface area contributed by atoms with Gasteiger partial charge in [-0.15, -0.1) is 0 Å². The van der Waals surface area contributed by atoms with Crippen LogP contribution in [0, 0.1) is 18.8 Å². The molecule has 1 aromatic carbocycles. The van der Waals surface area contributed by atoms with E-state index in [4.69, 9.17) is 5.11 Å². The van der Waals surface area contributed by atoms with E-state index in [9.17, 15) is 9.90 Å². The first-order valence-corrected chi connectivity index (χ1v) is 7.15. The molecule has 0 saturated carbocycles. The van der Waals surface area contributed by atoms with E-state index >= 15 is 0 Å². The summed E-state index contributed by atoms with van der Waals surface area (Å²) in [6.07, 6.45) is 1.54. The molecule has 2 rings (SSSR count). The van der Waals surface area contributed by atoms with Crippen molar-refractivity contribution in [1.29, 1.82) is 0 Å². The lowest BCUT2D eigenvalue weighted by atomic mass is 9.94. The molecule has 0 bridgehead atoms. The maximum Gasteiger partial charge on any atom is 0.253 e. The summed E-state index contributed by atoms with van der Waals surface area (Å²) in [7, 11) is 0. The summed E-state index contributed by atoms with van der Waals surface area (Å²) in [5, 5.41) is 18.8. The average Bonchev–Trinajstić information content (AvgIpc) is 2.44. The molecule has 1 fully saturated rings. The van der Waals surface area contributed by atoms with Gasteiger partial charge in [-0.05, 0) is 50.5 Å². The first-order chi connectivity index (χ1) is 9.93. The number of likely N-dealkylation sites (tertiary alicyclic amines) is 1. The van der Waals surface area contributed by atoms with Crippen LogP contribution in [0.5, 0.6) is 0 Å². The SMILES string of the molecule is Cc1cc(C(=O)N2CCCC(C)(O)C2)ccc1C#CCO. The molecule has 1 atom stereocenters. The zero-order valence-corrected chi connectivity index (χ0v) is 12.5. The van der Waals surface area contributed by atoms with Gasteiger partial charge in [-0.2, -0.15) is 0 Å². The molecule has 1 unspecified atom stereocenters. The minimum Gasteiger partial charge on any atom is -0.388 e. The summed E-state index contributed by atoms with van der Waals surface area (Å²) < 4.78 is 0. The molecule has 21 heavy (non-hydrogen) atoms.